The van der Waals surface area contributed by atoms with Gasteiger partial charge >= 0.3 is 5.97 Å². The standard InChI is InChI=1S/C24H39N3O8/c1-29-24(28)19-34-13-12-32-9-8-30-6-7-31-10-11-33-14-15-35-23-16-20(4-5-26-23)27-21-2-3-22(27)18-25-17-21/h4-5,16,21-22,25H,2-3,6-15,17-19H2,1H3. The number of fused-ring (bicyclic) bond motifs is 2. The first-order chi connectivity index (χ1) is 17.3. The van der Waals surface area contributed by atoms with Crippen LogP contribution in [0.5, 0.6) is 5.88 Å². The largest absolute Gasteiger partial charge is 0.475 e. The van der Waals surface area contributed by atoms with Crippen molar-refractivity contribution in [1.82, 2.24) is 10.3 Å². The molecule has 2 unspecified atom stereocenters. The van der Waals surface area contributed by atoms with Crippen LogP contribution in [0.4, 0.5) is 5.69 Å². The average Bonchev–Trinajstić information content (AvgIpc) is 3.13. The minimum Gasteiger partial charge on any atom is -0.475 e. The predicted octanol–water partition coefficient (Wildman–Crippen LogP) is 0.657. The van der Waals surface area contributed by atoms with Crippen molar-refractivity contribution in [2.24, 2.45) is 0 Å². The quantitative estimate of drug-likeness (QED) is 0.215. The molecular weight excluding hydrogens is 458 g/mol. The summed E-state index contributed by atoms with van der Waals surface area (Å²) in [6.45, 7) is 6.59. The number of ether oxygens (including phenoxy) is 7. The second kappa shape index (κ2) is 16.6. The molecule has 198 valence electrons. The SMILES string of the molecule is COC(=O)COCCOCCOCCOCCOCCOc1cc(N2C3CCC2CNC3)ccn1. The molecule has 3 heterocycles. The van der Waals surface area contributed by atoms with E-state index in [0.29, 0.717) is 84.0 Å². The van der Waals surface area contributed by atoms with Gasteiger partial charge in [0, 0.05) is 43.1 Å². The van der Waals surface area contributed by atoms with Crippen molar-refractivity contribution in [1.29, 1.82) is 0 Å². The first-order valence-corrected chi connectivity index (χ1v) is 12.3. The van der Waals surface area contributed by atoms with Crippen molar-refractivity contribution in [3.8, 4) is 5.88 Å². The summed E-state index contributed by atoms with van der Waals surface area (Å²) in [4.78, 5) is 17.7. The zero-order valence-electron chi connectivity index (χ0n) is 20.7. The first-order valence-electron chi connectivity index (χ1n) is 12.3. The molecular formula is C24H39N3O8. The van der Waals surface area contributed by atoms with Crippen LogP contribution in [-0.2, 0) is 33.2 Å². The summed E-state index contributed by atoms with van der Waals surface area (Å²) >= 11 is 0. The number of anilines is 1. The van der Waals surface area contributed by atoms with Crippen molar-refractivity contribution in [2.75, 3.05) is 97.8 Å². The number of hydrogen-bond acceptors (Lipinski definition) is 11. The zero-order chi connectivity index (χ0) is 24.6. The van der Waals surface area contributed by atoms with E-state index >= 15 is 0 Å². The first kappa shape index (κ1) is 27.6. The van der Waals surface area contributed by atoms with Gasteiger partial charge in [0.05, 0.1) is 66.6 Å². The van der Waals surface area contributed by atoms with Gasteiger partial charge in [0.15, 0.2) is 0 Å². The molecule has 35 heavy (non-hydrogen) atoms. The Morgan fingerprint density at radius 1 is 0.886 bits per heavy atom. The zero-order valence-corrected chi connectivity index (χ0v) is 20.7. The molecule has 3 rings (SSSR count). The van der Waals surface area contributed by atoms with Crippen LogP contribution in [0.3, 0.4) is 0 Å². The van der Waals surface area contributed by atoms with Crippen molar-refractivity contribution in [2.45, 2.75) is 24.9 Å². The van der Waals surface area contributed by atoms with E-state index < -0.39 is 5.97 Å². The Bertz CT molecular complexity index is 710. The highest BCUT2D eigenvalue weighted by Gasteiger charge is 2.36. The monoisotopic (exact) mass is 497 g/mol. The second-order valence-corrected chi connectivity index (χ2v) is 8.23. The molecule has 0 spiro atoms. The Hall–Kier alpha value is -2.02. The summed E-state index contributed by atoms with van der Waals surface area (Å²) in [6.07, 6.45) is 4.30. The Labute approximate surface area is 207 Å². The molecule has 2 aliphatic heterocycles. The van der Waals surface area contributed by atoms with E-state index in [1.165, 1.54) is 25.6 Å². The number of nitrogens with zero attached hydrogens (tertiary/aromatic N) is 2. The van der Waals surface area contributed by atoms with Crippen molar-refractivity contribution in [3.63, 3.8) is 0 Å². The molecule has 2 saturated heterocycles. The van der Waals surface area contributed by atoms with Gasteiger partial charge in [0.1, 0.15) is 13.2 Å². The summed E-state index contributed by atoms with van der Waals surface area (Å²) in [5, 5.41) is 3.51. The smallest absolute Gasteiger partial charge is 0.331 e. The molecule has 0 radical (unpaired) electrons. The fourth-order valence-corrected chi connectivity index (χ4v) is 4.14. The second-order valence-electron chi connectivity index (χ2n) is 8.23. The van der Waals surface area contributed by atoms with E-state index in [-0.39, 0.29) is 6.61 Å². The fourth-order valence-electron chi connectivity index (χ4n) is 4.14. The number of carbonyl (C=O) groups is 1. The van der Waals surface area contributed by atoms with Gasteiger partial charge in [-0.05, 0) is 18.9 Å². The van der Waals surface area contributed by atoms with Gasteiger partial charge in [-0.15, -0.1) is 0 Å². The van der Waals surface area contributed by atoms with Gasteiger partial charge in [0.25, 0.3) is 0 Å². The molecule has 0 saturated carbocycles. The lowest BCUT2D eigenvalue weighted by molar-refractivity contribution is -0.146. The maximum absolute atomic E-state index is 10.8. The highest BCUT2D eigenvalue weighted by Crippen LogP contribution is 2.33. The van der Waals surface area contributed by atoms with Gasteiger partial charge in [-0.25, -0.2) is 9.78 Å². The number of hydrogen-bond donors (Lipinski definition) is 1. The third-order valence-corrected chi connectivity index (χ3v) is 5.81. The molecule has 2 aliphatic rings. The number of pyridine rings is 1. The van der Waals surface area contributed by atoms with Gasteiger partial charge in [0.2, 0.25) is 5.88 Å². The minimum absolute atomic E-state index is 0.0622. The fraction of sp³-hybridized carbons (Fsp3) is 0.750. The molecule has 2 atom stereocenters. The number of piperazine rings is 1. The van der Waals surface area contributed by atoms with Crippen molar-refractivity contribution >= 4 is 11.7 Å². The molecule has 1 aromatic heterocycles. The summed E-state index contributed by atoms with van der Waals surface area (Å²) in [7, 11) is 1.32. The van der Waals surface area contributed by atoms with Crippen LogP contribution in [0.15, 0.2) is 18.3 Å². The lowest BCUT2D eigenvalue weighted by Crippen LogP contribution is -2.52. The van der Waals surface area contributed by atoms with Crippen LogP contribution in [0.2, 0.25) is 0 Å². The molecule has 2 fully saturated rings. The number of esters is 1. The minimum atomic E-state index is -0.400. The summed E-state index contributed by atoms with van der Waals surface area (Å²) in [5.41, 5.74) is 1.19. The third kappa shape index (κ3) is 10.2. The van der Waals surface area contributed by atoms with Gasteiger partial charge in [-0.1, -0.05) is 0 Å². The van der Waals surface area contributed by atoms with Crippen LogP contribution in [-0.4, -0.2) is 116 Å². The van der Waals surface area contributed by atoms with E-state index in [1.54, 1.807) is 0 Å². The maximum Gasteiger partial charge on any atom is 0.331 e. The predicted molar refractivity (Wildman–Crippen MR) is 128 cm³/mol. The Morgan fingerprint density at radius 3 is 2.00 bits per heavy atom. The van der Waals surface area contributed by atoms with E-state index in [0.717, 1.165) is 13.1 Å². The van der Waals surface area contributed by atoms with Gasteiger partial charge < -0.3 is 43.4 Å². The van der Waals surface area contributed by atoms with Crippen LogP contribution < -0.4 is 15.0 Å². The van der Waals surface area contributed by atoms with E-state index in [2.05, 4.69) is 26.0 Å². The maximum atomic E-state index is 10.8. The summed E-state index contributed by atoms with van der Waals surface area (Å²) in [6, 6.07) is 5.23. The van der Waals surface area contributed by atoms with Gasteiger partial charge in [-0.2, -0.15) is 0 Å². The Morgan fingerprint density at radius 2 is 1.43 bits per heavy atom. The highest BCUT2D eigenvalue weighted by molar-refractivity contribution is 5.70. The van der Waals surface area contributed by atoms with Crippen molar-refractivity contribution in [3.05, 3.63) is 18.3 Å². The lowest BCUT2D eigenvalue weighted by Gasteiger charge is -2.37. The number of methoxy groups -OCH3 is 1. The summed E-state index contributed by atoms with van der Waals surface area (Å²) in [5.74, 6) is 0.234. The highest BCUT2D eigenvalue weighted by atomic mass is 16.6. The average molecular weight is 498 g/mol. The van der Waals surface area contributed by atoms with E-state index in [9.17, 15) is 4.79 Å². The summed E-state index contributed by atoms with van der Waals surface area (Å²) < 4.78 is 37.1. The molecule has 0 aliphatic carbocycles. The molecule has 11 heteroatoms. The molecule has 1 aromatic rings. The van der Waals surface area contributed by atoms with Crippen LogP contribution in [0.25, 0.3) is 0 Å². The van der Waals surface area contributed by atoms with Crippen LogP contribution in [0.1, 0.15) is 12.8 Å². The lowest BCUT2D eigenvalue weighted by atomic mass is 10.2. The molecule has 0 aromatic carbocycles. The number of rotatable bonds is 19. The number of nitrogens with one attached hydrogen (secondary N) is 1. The topological polar surface area (TPSA) is 110 Å². The Balaban J connectivity index is 1.10. The molecule has 2 bridgehead atoms. The van der Waals surface area contributed by atoms with E-state index in [4.69, 9.17) is 28.4 Å². The van der Waals surface area contributed by atoms with Gasteiger partial charge in [-0.3, -0.25) is 0 Å². The van der Waals surface area contributed by atoms with Crippen LogP contribution in [0, 0.1) is 0 Å². The third-order valence-electron chi connectivity index (χ3n) is 5.81. The molecule has 11 nitrogen and oxygen atoms in total. The normalized spacial score (nSPS) is 19.2. The van der Waals surface area contributed by atoms with Crippen molar-refractivity contribution < 1.29 is 38.0 Å². The molecule has 1 N–H and O–H groups in total. The van der Waals surface area contributed by atoms with Crippen LogP contribution >= 0.6 is 0 Å². The molecule has 0 amide bonds. The number of carbonyl (C=O) groups excluding carboxylic acids is 1. The number of aromatic nitrogens is 1. The van der Waals surface area contributed by atoms with E-state index in [1.807, 2.05) is 12.3 Å². The Kier molecular flexibility index (Phi) is 13.1.